The van der Waals surface area contributed by atoms with Crippen LogP contribution in [-0.4, -0.2) is 32.2 Å². The molecule has 1 aliphatic heterocycles. The second kappa shape index (κ2) is 8.75. The predicted molar refractivity (Wildman–Crippen MR) is 125 cm³/mol. The molecule has 3 heterocycles. The zero-order valence-electron chi connectivity index (χ0n) is 18.4. The predicted octanol–water partition coefficient (Wildman–Crippen LogP) is 3.76. The average molecular weight is 453 g/mol. The zero-order chi connectivity index (χ0) is 23.7. The number of nitriles is 1. The second-order valence-corrected chi connectivity index (χ2v) is 7.94. The number of halogens is 1. The van der Waals surface area contributed by atoms with Gasteiger partial charge < -0.3 is 10.2 Å². The zero-order valence-corrected chi connectivity index (χ0v) is 18.4. The lowest BCUT2D eigenvalue weighted by Crippen LogP contribution is -2.31. The molecule has 9 heteroatoms. The highest BCUT2D eigenvalue weighted by Crippen LogP contribution is 2.35. The third-order valence-electron chi connectivity index (χ3n) is 5.81. The Labute approximate surface area is 195 Å². The summed E-state index contributed by atoms with van der Waals surface area (Å²) in [6.45, 7) is 0.389. The highest BCUT2D eigenvalue weighted by Gasteiger charge is 2.29. The Bertz CT molecular complexity index is 1440. The Balaban J connectivity index is 1.40. The van der Waals surface area contributed by atoms with Crippen molar-refractivity contribution < 1.29 is 9.18 Å². The van der Waals surface area contributed by atoms with Crippen molar-refractivity contribution in [3.63, 3.8) is 0 Å². The molecule has 1 N–H and O–H groups in total. The summed E-state index contributed by atoms with van der Waals surface area (Å²) in [5.74, 6) is 0.379. The minimum Gasteiger partial charge on any atom is -0.309 e. The number of aromatic nitrogens is 4. The van der Waals surface area contributed by atoms with Crippen molar-refractivity contribution in [3.05, 3.63) is 83.4 Å². The number of benzene rings is 2. The lowest BCUT2D eigenvalue weighted by molar-refractivity contribution is -0.117. The van der Waals surface area contributed by atoms with E-state index >= 15 is 4.39 Å². The van der Waals surface area contributed by atoms with Crippen LogP contribution in [-0.2, 0) is 24.7 Å². The number of aryl methyl sites for hydroxylation is 1. The minimum atomic E-state index is -0.480. The molecule has 0 radical (unpaired) electrons. The van der Waals surface area contributed by atoms with Gasteiger partial charge in [0.25, 0.3) is 0 Å². The molecule has 0 spiro atoms. The van der Waals surface area contributed by atoms with Gasteiger partial charge in [0.05, 0.1) is 35.6 Å². The van der Waals surface area contributed by atoms with E-state index in [1.165, 1.54) is 11.0 Å². The maximum absolute atomic E-state index is 15.3. The lowest BCUT2D eigenvalue weighted by atomic mass is 10.0. The molecule has 5 rings (SSSR count). The van der Waals surface area contributed by atoms with Crippen molar-refractivity contribution in [3.8, 4) is 17.3 Å². The highest BCUT2D eigenvalue weighted by atomic mass is 19.1. The van der Waals surface area contributed by atoms with Crippen LogP contribution in [0.5, 0.6) is 0 Å². The van der Waals surface area contributed by atoms with E-state index in [1.807, 2.05) is 6.07 Å². The van der Waals surface area contributed by atoms with Crippen LogP contribution >= 0.6 is 0 Å². The largest absolute Gasteiger partial charge is 0.309 e. The van der Waals surface area contributed by atoms with Gasteiger partial charge in [0, 0.05) is 31.4 Å². The van der Waals surface area contributed by atoms with E-state index in [2.05, 4.69) is 26.5 Å². The monoisotopic (exact) mass is 453 g/mol. The molecular weight excluding hydrogens is 433 g/mol. The molecule has 0 atom stereocenters. The molecule has 1 aliphatic rings. The molecule has 0 bridgehead atoms. The summed E-state index contributed by atoms with van der Waals surface area (Å²) in [5, 5.41) is 16.5. The van der Waals surface area contributed by atoms with Gasteiger partial charge in [-0.05, 0) is 41.8 Å². The Morgan fingerprint density at radius 2 is 2.06 bits per heavy atom. The first-order valence-corrected chi connectivity index (χ1v) is 10.7. The molecule has 0 fully saturated rings. The van der Waals surface area contributed by atoms with Gasteiger partial charge in [-0.25, -0.2) is 14.4 Å². The number of carbonyl (C=O) groups excluding carboxylic acids is 1. The maximum Gasteiger partial charge on any atom is 0.231 e. The lowest BCUT2D eigenvalue weighted by Gasteiger charge is -2.19. The van der Waals surface area contributed by atoms with Crippen LogP contribution in [0.3, 0.4) is 0 Å². The molecule has 0 aliphatic carbocycles. The van der Waals surface area contributed by atoms with E-state index in [1.54, 1.807) is 60.5 Å². The molecule has 1 amide bonds. The van der Waals surface area contributed by atoms with E-state index in [9.17, 15) is 10.1 Å². The number of hydrogen-bond acceptors (Lipinski definition) is 6. The fraction of sp³-hybridized carbons (Fsp3) is 0.160. The van der Waals surface area contributed by atoms with Crippen LogP contribution < -0.4 is 10.2 Å². The summed E-state index contributed by atoms with van der Waals surface area (Å²) in [5.41, 5.74) is 3.30. The quantitative estimate of drug-likeness (QED) is 0.494. The first kappa shape index (κ1) is 21.3. The van der Waals surface area contributed by atoms with Crippen molar-refractivity contribution in [2.75, 3.05) is 16.8 Å². The number of rotatable bonds is 5. The van der Waals surface area contributed by atoms with Gasteiger partial charge in [-0.3, -0.25) is 9.48 Å². The number of amides is 1. The van der Waals surface area contributed by atoms with Gasteiger partial charge in [0.15, 0.2) is 0 Å². The van der Waals surface area contributed by atoms with E-state index in [0.29, 0.717) is 47.0 Å². The molecule has 8 nitrogen and oxygen atoms in total. The summed E-state index contributed by atoms with van der Waals surface area (Å²) in [6, 6.07) is 15.8. The minimum absolute atomic E-state index is 0.0410. The van der Waals surface area contributed by atoms with E-state index in [4.69, 9.17) is 0 Å². The molecular formula is C25H20FN7O. The first-order valence-electron chi connectivity index (χ1n) is 10.7. The summed E-state index contributed by atoms with van der Waals surface area (Å²) in [7, 11) is 1.80. The van der Waals surface area contributed by atoms with Gasteiger partial charge in [0.2, 0.25) is 11.9 Å². The van der Waals surface area contributed by atoms with Crippen LogP contribution in [0.15, 0.2) is 60.9 Å². The normalized spacial score (nSPS) is 12.3. The van der Waals surface area contributed by atoms with Gasteiger partial charge in [-0.1, -0.05) is 18.2 Å². The molecule has 4 aromatic rings. The highest BCUT2D eigenvalue weighted by molar-refractivity contribution is 5.97. The van der Waals surface area contributed by atoms with E-state index in [0.717, 1.165) is 11.4 Å². The van der Waals surface area contributed by atoms with Gasteiger partial charge in [-0.2, -0.15) is 10.4 Å². The Morgan fingerprint density at radius 1 is 1.21 bits per heavy atom. The first-order chi connectivity index (χ1) is 16.5. The smallest absolute Gasteiger partial charge is 0.231 e. The third-order valence-corrected chi connectivity index (χ3v) is 5.81. The third kappa shape index (κ3) is 3.97. The summed E-state index contributed by atoms with van der Waals surface area (Å²) < 4.78 is 16.9. The molecule has 2 aromatic carbocycles. The molecule has 0 saturated carbocycles. The van der Waals surface area contributed by atoms with Crippen LogP contribution in [0.2, 0.25) is 0 Å². The Hall–Kier alpha value is -4.58. The van der Waals surface area contributed by atoms with Gasteiger partial charge >= 0.3 is 0 Å². The summed E-state index contributed by atoms with van der Waals surface area (Å²) in [6.07, 6.45) is 3.85. The van der Waals surface area contributed by atoms with Gasteiger partial charge in [0.1, 0.15) is 11.6 Å². The van der Waals surface area contributed by atoms with Crippen molar-refractivity contribution in [2.24, 2.45) is 7.05 Å². The number of nitrogens with one attached hydrogen (secondary N) is 1. The van der Waals surface area contributed by atoms with Crippen LogP contribution in [0.1, 0.15) is 16.7 Å². The number of nitrogens with zero attached hydrogens (tertiary/aromatic N) is 6. The SMILES string of the molecule is Cn1nccc1Nc1nccc(-c2cc(F)c3c(c2)CCN3C(=O)Cc2ccccc2C#N)n1. The fourth-order valence-corrected chi connectivity index (χ4v) is 4.12. The molecule has 2 aromatic heterocycles. The van der Waals surface area contributed by atoms with Gasteiger partial charge in [-0.15, -0.1) is 0 Å². The Kier molecular flexibility index (Phi) is 5.47. The molecule has 0 saturated heterocycles. The van der Waals surface area contributed by atoms with Crippen LogP contribution in [0, 0.1) is 17.1 Å². The van der Waals surface area contributed by atoms with Crippen molar-refractivity contribution in [1.29, 1.82) is 5.26 Å². The standard InChI is InChI=1S/C25H20FN7O/c1-32-22(7-10-29-32)31-25-28-9-6-21(30-25)19-12-17-8-11-33(24(17)20(26)13-19)23(34)14-16-4-2-3-5-18(16)15-27/h2-7,9-10,12-13H,8,11,14H2,1H3,(H,28,30,31). The molecule has 168 valence electrons. The fourth-order valence-electron chi connectivity index (χ4n) is 4.12. The number of carbonyl (C=O) groups is 1. The summed E-state index contributed by atoms with van der Waals surface area (Å²) >= 11 is 0. The Morgan fingerprint density at radius 3 is 2.85 bits per heavy atom. The van der Waals surface area contributed by atoms with Crippen LogP contribution in [0.4, 0.5) is 21.8 Å². The van der Waals surface area contributed by atoms with E-state index in [-0.39, 0.29) is 12.3 Å². The second-order valence-electron chi connectivity index (χ2n) is 7.94. The number of fused-ring (bicyclic) bond motifs is 1. The number of anilines is 3. The maximum atomic E-state index is 15.3. The molecule has 0 unspecified atom stereocenters. The summed E-state index contributed by atoms with van der Waals surface area (Å²) in [4.78, 5) is 23.2. The van der Waals surface area contributed by atoms with Crippen molar-refractivity contribution in [2.45, 2.75) is 12.8 Å². The topological polar surface area (TPSA) is 99.7 Å². The average Bonchev–Trinajstić information content (AvgIpc) is 3.46. The van der Waals surface area contributed by atoms with Crippen molar-refractivity contribution in [1.82, 2.24) is 19.7 Å². The van der Waals surface area contributed by atoms with Crippen molar-refractivity contribution >= 4 is 23.4 Å². The molecule has 34 heavy (non-hydrogen) atoms. The van der Waals surface area contributed by atoms with Crippen LogP contribution in [0.25, 0.3) is 11.3 Å². The number of hydrogen-bond donors (Lipinski definition) is 1. The van der Waals surface area contributed by atoms with E-state index < -0.39 is 5.82 Å².